The molecule has 0 aromatic heterocycles. The van der Waals surface area contributed by atoms with Gasteiger partial charge in [-0.05, 0) is 31.9 Å². The summed E-state index contributed by atoms with van der Waals surface area (Å²) in [4.78, 5) is 0. The standard InChI is InChI=1S/C13H16F3NO/c1-8(17)12(5-6-12)10-4-3-9(13(14,15)16)7-11(10)18-2/h3-4,7-8H,5-6,17H2,1-2H3. The van der Waals surface area contributed by atoms with Gasteiger partial charge in [0.1, 0.15) is 5.75 Å². The first-order valence-electron chi connectivity index (χ1n) is 5.82. The molecule has 0 spiro atoms. The molecular formula is C13H16F3NO. The van der Waals surface area contributed by atoms with Crippen molar-refractivity contribution in [2.45, 2.75) is 37.4 Å². The molecule has 2 N–H and O–H groups in total. The van der Waals surface area contributed by atoms with Crippen LogP contribution in [0.3, 0.4) is 0 Å². The summed E-state index contributed by atoms with van der Waals surface area (Å²) >= 11 is 0. The summed E-state index contributed by atoms with van der Waals surface area (Å²) in [7, 11) is 1.39. The van der Waals surface area contributed by atoms with E-state index >= 15 is 0 Å². The molecule has 0 bridgehead atoms. The molecule has 0 amide bonds. The fourth-order valence-electron chi connectivity index (χ4n) is 2.38. The van der Waals surface area contributed by atoms with Crippen molar-refractivity contribution >= 4 is 0 Å². The maximum Gasteiger partial charge on any atom is 0.416 e. The highest BCUT2D eigenvalue weighted by Crippen LogP contribution is 2.53. The Hall–Kier alpha value is -1.23. The summed E-state index contributed by atoms with van der Waals surface area (Å²) in [5.41, 5.74) is 5.82. The summed E-state index contributed by atoms with van der Waals surface area (Å²) < 4.78 is 43.0. The normalized spacial score (nSPS) is 19.4. The average Bonchev–Trinajstić information content (AvgIpc) is 3.08. The zero-order chi connectivity index (χ0) is 13.6. The molecule has 2 rings (SSSR count). The second-order valence-corrected chi connectivity index (χ2v) is 4.86. The number of hydrogen-bond acceptors (Lipinski definition) is 2. The van der Waals surface area contributed by atoms with Gasteiger partial charge in [0.2, 0.25) is 0 Å². The van der Waals surface area contributed by atoms with Gasteiger partial charge in [-0.2, -0.15) is 13.2 Å². The number of halogens is 3. The summed E-state index contributed by atoms with van der Waals surface area (Å²) in [5, 5.41) is 0. The van der Waals surface area contributed by atoms with Crippen molar-refractivity contribution in [3.63, 3.8) is 0 Å². The first-order chi connectivity index (χ1) is 8.31. The lowest BCUT2D eigenvalue weighted by Crippen LogP contribution is -2.32. The Morgan fingerprint density at radius 1 is 1.33 bits per heavy atom. The predicted molar refractivity (Wildman–Crippen MR) is 62.6 cm³/mol. The number of alkyl halides is 3. The zero-order valence-electron chi connectivity index (χ0n) is 10.3. The van der Waals surface area contributed by atoms with Crippen LogP contribution in [0.2, 0.25) is 0 Å². The van der Waals surface area contributed by atoms with Gasteiger partial charge in [0.15, 0.2) is 0 Å². The quantitative estimate of drug-likeness (QED) is 0.905. The van der Waals surface area contributed by atoms with Crippen molar-refractivity contribution in [1.82, 2.24) is 0 Å². The Morgan fingerprint density at radius 2 is 1.94 bits per heavy atom. The van der Waals surface area contributed by atoms with Crippen LogP contribution >= 0.6 is 0 Å². The molecule has 0 heterocycles. The molecular weight excluding hydrogens is 243 g/mol. The van der Waals surface area contributed by atoms with Crippen molar-refractivity contribution in [2.75, 3.05) is 7.11 Å². The van der Waals surface area contributed by atoms with E-state index in [1.165, 1.54) is 13.2 Å². The van der Waals surface area contributed by atoms with Crippen LogP contribution in [-0.2, 0) is 11.6 Å². The predicted octanol–water partition coefficient (Wildman–Crippen LogP) is 3.09. The third-order valence-corrected chi connectivity index (χ3v) is 3.73. The Balaban J connectivity index is 2.45. The Kier molecular flexibility index (Phi) is 3.05. The molecule has 1 aromatic rings. The molecule has 0 radical (unpaired) electrons. The zero-order valence-corrected chi connectivity index (χ0v) is 10.3. The maximum absolute atomic E-state index is 12.6. The van der Waals surface area contributed by atoms with E-state index in [4.69, 9.17) is 10.5 Å². The van der Waals surface area contributed by atoms with E-state index < -0.39 is 11.7 Å². The summed E-state index contributed by atoms with van der Waals surface area (Å²) in [6, 6.07) is 3.55. The number of hydrogen-bond donors (Lipinski definition) is 1. The van der Waals surface area contributed by atoms with Crippen molar-refractivity contribution in [3.8, 4) is 5.75 Å². The Labute approximate surface area is 104 Å². The van der Waals surface area contributed by atoms with Gasteiger partial charge >= 0.3 is 6.18 Å². The molecule has 1 fully saturated rings. The average molecular weight is 259 g/mol. The van der Waals surface area contributed by atoms with Crippen molar-refractivity contribution < 1.29 is 17.9 Å². The SMILES string of the molecule is COc1cc(C(F)(F)F)ccc1C1(C(C)N)CC1. The minimum absolute atomic E-state index is 0.0943. The lowest BCUT2D eigenvalue weighted by atomic mass is 9.88. The molecule has 5 heteroatoms. The van der Waals surface area contributed by atoms with Gasteiger partial charge in [-0.3, -0.25) is 0 Å². The van der Waals surface area contributed by atoms with Crippen LogP contribution in [0.4, 0.5) is 13.2 Å². The molecule has 1 unspecified atom stereocenters. The molecule has 1 aromatic carbocycles. The molecule has 0 saturated heterocycles. The highest BCUT2D eigenvalue weighted by atomic mass is 19.4. The van der Waals surface area contributed by atoms with Crippen LogP contribution in [0.25, 0.3) is 0 Å². The lowest BCUT2D eigenvalue weighted by molar-refractivity contribution is -0.137. The number of ether oxygens (including phenoxy) is 1. The summed E-state index contributed by atoms with van der Waals surface area (Å²) in [6.45, 7) is 1.88. The fourth-order valence-corrected chi connectivity index (χ4v) is 2.38. The van der Waals surface area contributed by atoms with Crippen molar-refractivity contribution in [1.29, 1.82) is 0 Å². The van der Waals surface area contributed by atoms with Gasteiger partial charge in [-0.25, -0.2) is 0 Å². The topological polar surface area (TPSA) is 35.2 Å². The Bertz CT molecular complexity index is 450. The third kappa shape index (κ3) is 2.07. The molecule has 0 aliphatic heterocycles. The van der Waals surface area contributed by atoms with Gasteiger partial charge in [-0.15, -0.1) is 0 Å². The third-order valence-electron chi connectivity index (χ3n) is 3.73. The van der Waals surface area contributed by atoms with E-state index in [0.717, 1.165) is 30.5 Å². The number of methoxy groups -OCH3 is 1. The molecule has 1 atom stereocenters. The van der Waals surface area contributed by atoms with Gasteiger partial charge in [-0.1, -0.05) is 6.07 Å². The minimum atomic E-state index is -4.35. The number of nitrogens with two attached hydrogens (primary N) is 1. The van der Waals surface area contributed by atoms with Crippen molar-refractivity contribution in [2.24, 2.45) is 5.73 Å². The molecule has 1 saturated carbocycles. The molecule has 100 valence electrons. The van der Waals surface area contributed by atoms with Crippen LogP contribution in [-0.4, -0.2) is 13.2 Å². The fraction of sp³-hybridized carbons (Fsp3) is 0.538. The minimum Gasteiger partial charge on any atom is -0.496 e. The lowest BCUT2D eigenvalue weighted by Gasteiger charge is -2.23. The van der Waals surface area contributed by atoms with E-state index in [9.17, 15) is 13.2 Å². The van der Waals surface area contributed by atoms with E-state index in [1.54, 1.807) is 0 Å². The second kappa shape index (κ2) is 4.16. The highest BCUT2D eigenvalue weighted by molar-refractivity contribution is 5.47. The number of rotatable bonds is 3. The van der Waals surface area contributed by atoms with Crippen LogP contribution in [0.15, 0.2) is 18.2 Å². The van der Waals surface area contributed by atoms with Crippen molar-refractivity contribution in [3.05, 3.63) is 29.3 Å². The summed E-state index contributed by atoms with van der Waals surface area (Å²) in [5.74, 6) is 0.277. The molecule has 2 nitrogen and oxygen atoms in total. The first-order valence-corrected chi connectivity index (χ1v) is 5.82. The van der Waals surface area contributed by atoms with Crippen LogP contribution in [0.5, 0.6) is 5.75 Å². The maximum atomic E-state index is 12.6. The van der Waals surface area contributed by atoms with E-state index in [-0.39, 0.29) is 17.2 Å². The first kappa shape index (κ1) is 13.2. The van der Waals surface area contributed by atoms with Gasteiger partial charge in [0.25, 0.3) is 0 Å². The Morgan fingerprint density at radius 3 is 2.33 bits per heavy atom. The monoisotopic (exact) mass is 259 g/mol. The van der Waals surface area contributed by atoms with Gasteiger partial charge in [0, 0.05) is 17.0 Å². The van der Waals surface area contributed by atoms with Crippen LogP contribution in [0.1, 0.15) is 30.9 Å². The van der Waals surface area contributed by atoms with E-state index in [2.05, 4.69) is 0 Å². The van der Waals surface area contributed by atoms with Gasteiger partial charge in [0.05, 0.1) is 12.7 Å². The van der Waals surface area contributed by atoms with Gasteiger partial charge < -0.3 is 10.5 Å². The second-order valence-electron chi connectivity index (χ2n) is 4.86. The van der Waals surface area contributed by atoms with E-state index in [0.29, 0.717) is 0 Å². The van der Waals surface area contributed by atoms with E-state index in [1.807, 2.05) is 6.92 Å². The molecule has 1 aliphatic rings. The highest BCUT2D eigenvalue weighted by Gasteiger charge is 2.49. The number of benzene rings is 1. The van der Waals surface area contributed by atoms with Crippen LogP contribution in [0, 0.1) is 0 Å². The largest absolute Gasteiger partial charge is 0.496 e. The smallest absolute Gasteiger partial charge is 0.416 e. The van der Waals surface area contributed by atoms with Crippen LogP contribution < -0.4 is 10.5 Å². The summed E-state index contributed by atoms with van der Waals surface area (Å²) in [6.07, 6.45) is -2.56. The molecule has 1 aliphatic carbocycles. The molecule has 18 heavy (non-hydrogen) atoms.